The van der Waals surface area contributed by atoms with E-state index in [1.165, 1.54) is 88.8 Å². The van der Waals surface area contributed by atoms with Crippen LogP contribution in [0.3, 0.4) is 0 Å². The van der Waals surface area contributed by atoms with E-state index < -0.39 is 18.1 Å². The van der Waals surface area contributed by atoms with Crippen LogP contribution in [0, 0.1) is 0 Å². The lowest BCUT2D eigenvalue weighted by atomic mass is 10.1. The highest BCUT2D eigenvalue weighted by molar-refractivity contribution is 7.99. The second-order valence-electron chi connectivity index (χ2n) is 10.4. The third-order valence-corrected chi connectivity index (χ3v) is 7.82. The first kappa shape index (κ1) is 36.7. The van der Waals surface area contributed by atoms with Gasteiger partial charge in [-0.2, -0.15) is 11.8 Å². The standard InChI is InChI=1S/C30H57NO6S/c1-3-5-7-9-11-13-15-17-19-21-28(32)36-23-26(24-38-25-27(31)30(34)35)37-29(33)22-20-18-16-14-12-10-8-6-4-2/h26-27H,3-25,31H2,1-2H3,(H,34,35)/t26?,27-/m0/s1. The molecule has 3 N–H and O–H groups in total. The minimum absolute atomic E-state index is 0.00489. The number of unbranched alkanes of at least 4 members (excludes halogenated alkanes) is 16. The molecule has 38 heavy (non-hydrogen) atoms. The molecular weight excluding hydrogens is 502 g/mol. The van der Waals surface area contributed by atoms with Crippen LogP contribution >= 0.6 is 11.8 Å². The second-order valence-corrected chi connectivity index (χ2v) is 11.5. The molecule has 0 aromatic heterocycles. The Hall–Kier alpha value is -1.28. The van der Waals surface area contributed by atoms with E-state index in [0.29, 0.717) is 18.6 Å². The van der Waals surface area contributed by atoms with Crippen LogP contribution in [0.15, 0.2) is 0 Å². The number of hydrogen-bond donors (Lipinski definition) is 2. The summed E-state index contributed by atoms with van der Waals surface area (Å²) in [6, 6.07) is -0.979. The average Bonchev–Trinajstić information content (AvgIpc) is 2.89. The number of thioether (sulfide) groups is 1. The van der Waals surface area contributed by atoms with Crippen molar-refractivity contribution < 1.29 is 29.0 Å². The number of aliphatic carboxylic acids is 1. The van der Waals surface area contributed by atoms with Crippen LogP contribution in [0.25, 0.3) is 0 Å². The molecule has 0 aliphatic heterocycles. The number of hydrogen-bond acceptors (Lipinski definition) is 7. The maximum atomic E-state index is 12.4. The van der Waals surface area contributed by atoms with Crippen LogP contribution in [0.5, 0.6) is 0 Å². The predicted octanol–water partition coefficient (Wildman–Crippen LogP) is 7.43. The minimum Gasteiger partial charge on any atom is -0.480 e. The van der Waals surface area contributed by atoms with Gasteiger partial charge in [-0.1, -0.05) is 117 Å². The second kappa shape index (κ2) is 27.3. The number of ether oxygens (including phenoxy) is 2. The lowest BCUT2D eigenvalue weighted by molar-refractivity contribution is -0.157. The van der Waals surface area contributed by atoms with Crippen LogP contribution in [-0.2, 0) is 23.9 Å². The van der Waals surface area contributed by atoms with Gasteiger partial charge in [0.2, 0.25) is 0 Å². The van der Waals surface area contributed by atoms with Gasteiger partial charge in [-0.15, -0.1) is 0 Å². The van der Waals surface area contributed by atoms with Gasteiger partial charge in [0.25, 0.3) is 0 Å². The van der Waals surface area contributed by atoms with Crippen molar-refractivity contribution >= 4 is 29.7 Å². The number of rotatable bonds is 28. The fourth-order valence-electron chi connectivity index (χ4n) is 4.18. The summed E-state index contributed by atoms with van der Waals surface area (Å²) in [6.07, 6.45) is 21.3. The molecular formula is C30H57NO6S. The van der Waals surface area contributed by atoms with Gasteiger partial charge in [0.05, 0.1) is 0 Å². The third kappa shape index (κ3) is 25.0. The summed E-state index contributed by atoms with van der Waals surface area (Å²) in [7, 11) is 0. The van der Waals surface area contributed by atoms with Gasteiger partial charge in [0, 0.05) is 24.3 Å². The molecule has 7 nitrogen and oxygen atoms in total. The molecule has 2 atom stereocenters. The molecule has 1 unspecified atom stereocenters. The van der Waals surface area contributed by atoms with Gasteiger partial charge >= 0.3 is 17.9 Å². The maximum absolute atomic E-state index is 12.4. The molecule has 224 valence electrons. The number of carbonyl (C=O) groups is 3. The zero-order chi connectivity index (χ0) is 28.3. The van der Waals surface area contributed by atoms with E-state index in [1.807, 2.05) is 0 Å². The van der Waals surface area contributed by atoms with E-state index in [2.05, 4.69) is 13.8 Å². The van der Waals surface area contributed by atoms with E-state index in [4.69, 9.17) is 20.3 Å². The molecule has 0 amide bonds. The SMILES string of the molecule is CCCCCCCCCCCC(=O)OCC(CSC[C@H](N)C(=O)O)OC(=O)CCCCCCCCCCC. The summed E-state index contributed by atoms with van der Waals surface area (Å²) in [5.74, 6) is -1.09. The zero-order valence-corrected chi connectivity index (χ0v) is 25.2. The van der Waals surface area contributed by atoms with Crippen molar-refractivity contribution in [2.75, 3.05) is 18.1 Å². The summed E-state index contributed by atoms with van der Waals surface area (Å²) in [5.41, 5.74) is 5.57. The van der Waals surface area contributed by atoms with Crippen LogP contribution in [0.1, 0.15) is 142 Å². The van der Waals surface area contributed by atoms with Crippen molar-refractivity contribution in [3.63, 3.8) is 0 Å². The Balaban J connectivity index is 4.20. The van der Waals surface area contributed by atoms with Gasteiger partial charge in [0.15, 0.2) is 0 Å². The predicted molar refractivity (Wildman–Crippen MR) is 157 cm³/mol. The van der Waals surface area contributed by atoms with Crippen LogP contribution < -0.4 is 5.73 Å². The molecule has 0 heterocycles. The number of carboxylic acid groups (broad SMARTS) is 1. The molecule has 0 aromatic carbocycles. The average molecular weight is 560 g/mol. The van der Waals surface area contributed by atoms with Crippen molar-refractivity contribution in [3.05, 3.63) is 0 Å². The highest BCUT2D eigenvalue weighted by Crippen LogP contribution is 2.14. The van der Waals surface area contributed by atoms with Gasteiger partial charge in [-0.3, -0.25) is 14.4 Å². The third-order valence-electron chi connectivity index (χ3n) is 6.62. The van der Waals surface area contributed by atoms with Crippen molar-refractivity contribution in [1.82, 2.24) is 0 Å². The van der Waals surface area contributed by atoms with Crippen LogP contribution in [0.4, 0.5) is 0 Å². The molecule has 0 rings (SSSR count). The van der Waals surface area contributed by atoms with Crippen molar-refractivity contribution in [2.24, 2.45) is 5.73 Å². The minimum atomic E-state index is -1.07. The molecule has 0 saturated heterocycles. The maximum Gasteiger partial charge on any atom is 0.321 e. The summed E-state index contributed by atoms with van der Waals surface area (Å²) < 4.78 is 11.0. The number of carbonyl (C=O) groups excluding carboxylic acids is 2. The molecule has 0 spiro atoms. The molecule has 8 heteroatoms. The van der Waals surface area contributed by atoms with Crippen LogP contribution in [-0.4, -0.2) is 53.3 Å². The van der Waals surface area contributed by atoms with Crippen molar-refractivity contribution in [1.29, 1.82) is 0 Å². The lowest BCUT2D eigenvalue weighted by Gasteiger charge is -2.18. The molecule has 0 radical (unpaired) electrons. The summed E-state index contributed by atoms with van der Waals surface area (Å²) in [6.45, 7) is 4.43. The van der Waals surface area contributed by atoms with E-state index in [-0.39, 0.29) is 24.3 Å². The smallest absolute Gasteiger partial charge is 0.321 e. The molecule has 0 bridgehead atoms. The molecule has 0 saturated carbocycles. The van der Waals surface area contributed by atoms with Gasteiger partial charge < -0.3 is 20.3 Å². The topological polar surface area (TPSA) is 116 Å². The highest BCUT2D eigenvalue weighted by Gasteiger charge is 2.19. The highest BCUT2D eigenvalue weighted by atomic mass is 32.2. The Morgan fingerprint density at radius 2 is 1.08 bits per heavy atom. The normalized spacial score (nSPS) is 12.7. The lowest BCUT2D eigenvalue weighted by Crippen LogP contribution is -2.34. The van der Waals surface area contributed by atoms with Crippen molar-refractivity contribution in [2.45, 2.75) is 154 Å². The molecule has 0 fully saturated rings. The number of esters is 2. The summed E-state index contributed by atoms with van der Waals surface area (Å²) in [4.78, 5) is 35.5. The number of carboxylic acids is 1. The fourth-order valence-corrected chi connectivity index (χ4v) is 5.14. The Morgan fingerprint density at radius 3 is 1.53 bits per heavy atom. The van der Waals surface area contributed by atoms with E-state index in [0.717, 1.165) is 38.5 Å². The summed E-state index contributed by atoms with van der Waals surface area (Å²) >= 11 is 1.29. The molecule has 0 aliphatic rings. The Kier molecular flexibility index (Phi) is 26.4. The van der Waals surface area contributed by atoms with Gasteiger partial charge in [-0.05, 0) is 12.8 Å². The van der Waals surface area contributed by atoms with E-state index >= 15 is 0 Å². The van der Waals surface area contributed by atoms with Crippen LogP contribution in [0.2, 0.25) is 0 Å². The first-order valence-corrected chi connectivity index (χ1v) is 16.5. The monoisotopic (exact) mass is 559 g/mol. The number of nitrogens with two attached hydrogens (primary N) is 1. The first-order valence-electron chi connectivity index (χ1n) is 15.3. The Labute approximate surface area is 236 Å². The van der Waals surface area contributed by atoms with Gasteiger partial charge in [0.1, 0.15) is 18.8 Å². The molecule has 0 aliphatic carbocycles. The largest absolute Gasteiger partial charge is 0.480 e. The van der Waals surface area contributed by atoms with Gasteiger partial charge in [-0.25, -0.2) is 0 Å². The quantitative estimate of drug-likeness (QED) is 0.0751. The zero-order valence-electron chi connectivity index (χ0n) is 24.4. The van der Waals surface area contributed by atoms with Crippen molar-refractivity contribution in [3.8, 4) is 0 Å². The Bertz CT molecular complexity index is 589. The van der Waals surface area contributed by atoms with E-state index in [9.17, 15) is 14.4 Å². The Morgan fingerprint density at radius 1 is 0.658 bits per heavy atom. The fraction of sp³-hybridized carbons (Fsp3) is 0.900. The van der Waals surface area contributed by atoms with E-state index in [1.54, 1.807) is 0 Å². The molecule has 0 aromatic rings. The first-order chi connectivity index (χ1) is 18.4. The summed E-state index contributed by atoms with van der Waals surface area (Å²) in [5, 5.41) is 8.97.